The third-order valence-electron chi connectivity index (χ3n) is 4.04. The van der Waals surface area contributed by atoms with Crippen molar-refractivity contribution in [2.45, 2.75) is 18.0 Å². The van der Waals surface area contributed by atoms with Gasteiger partial charge in [-0.3, -0.25) is 4.79 Å². The predicted octanol–water partition coefficient (Wildman–Crippen LogP) is 3.25. The molecule has 3 rings (SSSR count). The number of amides is 1. The summed E-state index contributed by atoms with van der Waals surface area (Å²) in [4.78, 5) is 16.3. The van der Waals surface area contributed by atoms with E-state index in [4.69, 9.17) is 5.26 Å². The average molecular weight is 376 g/mol. The number of imidazole rings is 1. The minimum atomic E-state index is 0.0158. The van der Waals surface area contributed by atoms with Crippen LogP contribution in [0.3, 0.4) is 0 Å². The third kappa shape index (κ3) is 5.73. The van der Waals surface area contributed by atoms with Crippen molar-refractivity contribution in [3.05, 3.63) is 83.8 Å². The van der Waals surface area contributed by atoms with Gasteiger partial charge in [0.1, 0.15) is 0 Å². The maximum atomic E-state index is 12.1. The Hall–Kier alpha value is -3.04. The molecule has 0 aliphatic carbocycles. The number of nitrogens with one attached hydrogen (secondary N) is 1. The van der Waals surface area contributed by atoms with Crippen LogP contribution in [0.1, 0.15) is 16.7 Å². The van der Waals surface area contributed by atoms with E-state index >= 15 is 0 Å². The maximum absolute atomic E-state index is 12.1. The molecule has 0 atom stereocenters. The molecule has 27 heavy (non-hydrogen) atoms. The van der Waals surface area contributed by atoms with E-state index in [9.17, 15) is 4.79 Å². The smallest absolute Gasteiger partial charge is 0.230 e. The highest BCUT2D eigenvalue weighted by atomic mass is 32.2. The second-order valence-corrected chi connectivity index (χ2v) is 7.04. The van der Waals surface area contributed by atoms with Gasteiger partial charge >= 0.3 is 0 Å². The summed E-state index contributed by atoms with van der Waals surface area (Å²) in [5.41, 5.74) is 2.94. The van der Waals surface area contributed by atoms with Crippen molar-refractivity contribution < 1.29 is 4.79 Å². The molecule has 0 aliphatic heterocycles. The van der Waals surface area contributed by atoms with Crippen molar-refractivity contribution in [1.29, 1.82) is 5.26 Å². The number of benzene rings is 2. The quantitative estimate of drug-likeness (QED) is 0.613. The number of hydrogen-bond donors (Lipinski definition) is 1. The van der Waals surface area contributed by atoms with Gasteiger partial charge in [-0.25, -0.2) is 4.98 Å². The zero-order valence-electron chi connectivity index (χ0n) is 14.8. The Labute approximate surface area is 163 Å². The van der Waals surface area contributed by atoms with Gasteiger partial charge < -0.3 is 9.88 Å². The molecule has 1 N–H and O–H groups in total. The van der Waals surface area contributed by atoms with Crippen LogP contribution in [0.5, 0.6) is 0 Å². The molecule has 0 saturated heterocycles. The lowest BCUT2D eigenvalue weighted by molar-refractivity contribution is -0.118. The molecule has 0 fully saturated rings. The standard InChI is InChI=1S/C21H20N4OS/c22-12-18-6-8-19(9-7-18)14-25-16-23-13-21(25)27-15-20(26)24-11-10-17-4-2-1-3-5-17/h1-9,13,16H,10-11,14-15H2,(H,24,26). The Morgan fingerprint density at radius 2 is 1.89 bits per heavy atom. The highest BCUT2D eigenvalue weighted by Crippen LogP contribution is 2.18. The summed E-state index contributed by atoms with van der Waals surface area (Å²) in [6.07, 6.45) is 4.35. The van der Waals surface area contributed by atoms with Crippen molar-refractivity contribution >= 4 is 17.7 Å². The van der Waals surface area contributed by atoms with Gasteiger partial charge in [-0.2, -0.15) is 5.26 Å². The lowest BCUT2D eigenvalue weighted by Gasteiger charge is -2.09. The zero-order chi connectivity index (χ0) is 18.9. The second kappa shape index (κ2) is 9.60. The average Bonchev–Trinajstić information content (AvgIpc) is 3.15. The molecule has 0 unspecified atom stereocenters. The second-order valence-electron chi connectivity index (χ2n) is 6.04. The molecule has 3 aromatic rings. The van der Waals surface area contributed by atoms with Crippen LogP contribution in [-0.2, 0) is 17.8 Å². The Kier molecular flexibility index (Phi) is 6.66. The van der Waals surface area contributed by atoms with Crippen LogP contribution in [-0.4, -0.2) is 27.8 Å². The van der Waals surface area contributed by atoms with Gasteiger partial charge in [-0.15, -0.1) is 0 Å². The molecule has 0 saturated carbocycles. The summed E-state index contributed by atoms with van der Waals surface area (Å²) >= 11 is 1.47. The van der Waals surface area contributed by atoms with Crippen molar-refractivity contribution in [2.75, 3.05) is 12.3 Å². The first-order valence-electron chi connectivity index (χ1n) is 8.67. The Morgan fingerprint density at radius 3 is 2.63 bits per heavy atom. The monoisotopic (exact) mass is 376 g/mol. The van der Waals surface area contributed by atoms with Crippen LogP contribution < -0.4 is 5.32 Å². The molecule has 6 heteroatoms. The van der Waals surface area contributed by atoms with E-state index in [0.717, 1.165) is 17.0 Å². The van der Waals surface area contributed by atoms with Crippen LogP contribution in [0.15, 0.2) is 72.1 Å². The highest BCUT2D eigenvalue weighted by Gasteiger charge is 2.08. The summed E-state index contributed by atoms with van der Waals surface area (Å²) in [6, 6.07) is 19.7. The van der Waals surface area contributed by atoms with E-state index < -0.39 is 0 Å². The largest absolute Gasteiger partial charge is 0.355 e. The number of nitriles is 1. The normalized spacial score (nSPS) is 10.3. The molecule has 1 heterocycles. The van der Waals surface area contributed by atoms with Crippen LogP contribution in [0.4, 0.5) is 0 Å². The van der Waals surface area contributed by atoms with Gasteiger partial charge in [-0.05, 0) is 29.7 Å². The van der Waals surface area contributed by atoms with Gasteiger partial charge in [-0.1, -0.05) is 54.2 Å². The van der Waals surface area contributed by atoms with E-state index in [2.05, 4.69) is 28.5 Å². The number of carbonyl (C=O) groups is 1. The number of rotatable bonds is 8. The van der Waals surface area contributed by atoms with Crippen LogP contribution >= 0.6 is 11.8 Å². The Balaban J connectivity index is 1.46. The Morgan fingerprint density at radius 1 is 1.11 bits per heavy atom. The molecule has 5 nitrogen and oxygen atoms in total. The van der Waals surface area contributed by atoms with E-state index in [1.165, 1.54) is 17.3 Å². The first kappa shape index (κ1) is 18.7. The molecule has 0 radical (unpaired) electrons. The van der Waals surface area contributed by atoms with Gasteiger partial charge in [0.05, 0.1) is 34.9 Å². The van der Waals surface area contributed by atoms with Crippen LogP contribution in [0.2, 0.25) is 0 Å². The lowest BCUT2D eigenvalue weighted by Crippen LogP contribution is -2.27. The minimum Gasteiger partial charge on any atom is -0.355 e. The summed E-state index contributed by atoms with van der Waals surface area (Å²) in [5, 5.41) is 12.8. The van der Waals surface area contributed by atoms with E-state index in [1.807, 2.05) is 34.9 Å². The fraction of sp³-hybridized carbons (Fsp3) is 0.190. The van der Waals surface area contributed by atoms with Crippen molar-refractivity contribution in [3.8, 4) is 6.07 Å². The van der Waals surface area contributed by atoms with Crippen molar-refractivity contribution in [1.82, 2.24) is 14.9 Å². The number of carbonyl (C=O) groups excluding carboxylic acids is 1. The number of hydrogen-bond acceptors (Lipinski definition) is 4. The minimum absolute atomic E-state index is 0.0158. The number of aromatic nitrogens is 2. The molecule has 0 spiro atoms. The predicted molar refractivity (Wildman–Crippen MR) is 106 cm³/mol. The number of thioether (sulfide) groups is 1. The van der Waals surface area contributed by atoms with Gasteiger partial charge in [0.2, 0.25) is 5.91 Å². The van der Waals surface area contributed by atoms with Gasteiger partial charge in [0, 0.05) is 13.1 Å². The fourth-order valence-electron chi connectivity index (χ4n) is 2.61. The summed E-state index contributed by atoms with van der Waals surface area (Å²) in [7, 11) is 0. The molecule has 0 bridgehead atoms. The van der Waals surface area contributed by atoms with Crippen molar-refractivity contribution in [2.24, 2.45) is 0 Å². The first-order valence-corrected chi connectivity index (χ1v) is 9.66. The van der Waals surface area contributed by atoms with Gasteiger partial charge in [0.25, 0.3) is 0 Å². The van der Waals surface area contributed by atoms with Gasteiger partial charge in [0.15, 0.2) is 0 Å². The molecule has 136 valence electrons. The van der Waals surface area contributed by atoms with E-state index in [1.54, 1.807) is 24.7 Å². The van der Waals surface area contributed by atoms with Crippen LogP contribution in [0.25, 0.3) is 0 Å². The number of nitrogens with zero attached hydrogens (tertiary/aromatic N) is 3. The maximum Gasteiger partial charge on any atom is 0.230 e. The fourth-order valence-corrected chi connectivity index (χ4v) is 3.40. The molecule has 2 aromatic carbocycles. The SMILES string of the molecule is N#Cc1ccc(Cn2cncc2SCC(=O)NCCc2ccccc2)cc1. The molecule has 1 amide bonds. The topological polar surface area (TPSA) is 70.7 Å². The zero-order valence-corrected chi connectivity index (χ0v) is 15.7. The molecular weight excluding hydrogens is 356 g/mol. The lowest BCUT2D eigenvalue weighted by atomic mass is 10.1. The Bertz CT molecular complexity index is 913. The van der Waals surface area contributed by atoms with E-state index in [0.29, 0.717) is 24.4 Å². The summed E-state index contributed by atoms with van der Waals surface area (Å²) in [5.74, 6) is 0.371. The van der Waals surface area contributed by atoms with E-state index in [-0.39, 0.29) is 5.91 Å². The molecule has 0 aliphatic rings. The highest BCUT2D eigenvalue weighted by molar-refractivity contribution is 7.99. The third-order valence-corrected chi connectivity index (χ3v) is 5.08. The first-order chi connectivity index (χ1) is 13.2. The molecule has 1 aromatic heterocycles. The molecular formula is C21H20N4OS. The summed E-state index contributed by atoms with van der Waals surface area (Å²) < 4.78 is 2.00. The summed E-state index contributed by atoms with van der Waals surface area (Å²) in [6.45, 7) is 1.29. The van der Waals surface area contributed by atoms with Crippen LogP contribution in [0, 0.1) is 11.3 Å². The van der Waals surface area contributed by atoms with Crippen molar-refractivity contribution in [3.63, 3.8) is 0 Å².